The van der Waals surface area contributed by atoms with Crippen molar-refractivity contribution in [1.29, 1.82) is 0 Å². The van der Waals surface area contributed by atoms with E-state index >= 15 is 13.2 Å². The van der Waals surface area contributed by atoms with E-state index in [-0.39, 0.29) is 70.2 Å². The molecule has 0 radical (unpaired) electrons. The first-order valence-corrected chi connectivity index (χ1v) is 40.5. The lowest BCUT2D eigenvalue weighted by atomic mass is 9.81. The van der Waals surface area contributed by atoms with Crippen LogP contribution in [0, 0.1) is 17.5 Å². The number of nitrogens with zero attached hydrogens (tertiary/aromatic N) is 2. The van der Waals surface area contributed by atoms with E-state index < -0.39 is 132 Å². The minimum Gasteiger partial charge on any atom is -0.508 e. The SMILES string of the molecule is CC1(C)C(/C=C/C2=C(Oc3ccc(C[C@H](NC(=O)CCOCCOCCNC(=O)CCS(=O)(=O)c4c(F)c(F)c(S(N)(=O)=O)c(F)c4NC4CCCCCCC4)C(=O)O)cc3)C(=C/C=C3/N(CCCCS(=O)(=O)O)c4ccc(O)cc4C3(C)C)/CCC2)=[N+](CCCCS(=O)(=O)O)c2ccccc21. The lowest BCUT2D eigenvalue weighted by Crippen LogP contribution is -2.42. The molecule has 1 fully saturated rings. The number of aromatic hydroxyl groups is 1. The van der Waals surface area contributed by atoms with Crippen LogP contribution in [0.15, 0.2) is 123 Å². The molecule has 4 aromatic rings. The lowest BCUT2D eigenvalue weighted by Gasteiger charge is -2.27. The van der Waals surface area contributed by atoms with Gasteiger partial charge in [0, 0.05) is 79.3 Å². The van der Waals surface area contributed by atoms with Crippen molar-refractivity contribution in [3.8, 4) is 11.5 Å². The number of rotatable bonds is 35. The number of carbonyl (C=O) groups is 3. The van der Waals surface area contributed by atoms with Gasteiger partial charge in [-0.1, -0.05) is 82.4 Å². The Bertz CT molecular complexity index is 4380. The Morgan fingerprint density at radius 2 is 1.35 bits per heavy atom. The summed E-state index contributed by atoms with van der Waals surface area (Å²) in [6.45, 7) is 8.85. The summed E-state index contributed by atoms with van der Waals surface area (Å²) in [6, 6.07) is 18.0. The van der Waals surface area contributed by atoms with Crippen molar-refractivity contribution in [2.75, 3.05) is 73.5 Å². The zero-order valence-electron chi connectivity index (χ0n) is 57.6. The quantitative estimate of drug-likeness (QED) is 0.00918. The molecule has 4 aliphatic rings. The number of primary sulfonamides is 1. The summed E-state index contributed by atoms with van der Waals surface area (Å²) in [7, 11) is -18.5. The number of nitrogens with two attached hydrogens (primary N) is 1. The molecule has 0 aromatic heterocycles. The molecule has 0 bridgehead atoms. The zero-order valence-corrected chi connectivity index (χ0v) is 60.9. The number of amides is 2. The summed E-state index contributed by atoms with van der Waals surface area (Å²) in [4.78, 5) is 37.2. The highest BCUT2D eigenvalue weighted by atomic mass is 32.2. The van der Waals surface area contributed by atoms with Gasteiger partial charge in [-0.05, 0) is 130 Å². The van der Waals surface area contributed by atoms with Crippen LogP contribution in [0.2, 0.25) is 0 Å². The van der Waals surface area contributed by atoms with E-state index in [9.17, 15) is 67.4 Å². The van der Waals surface area contributed by atoms with Crippen LogP contribution in [0.4, 0.5) is 30.2 Å². The van der Waals surface area contributed by atoms with Crippen LogP contribution < -0.4 is 30.7 Å². The molecule has 2 amide bonds. The third-order valence-corrected chi connectivity index (χ3v) is 22.9. The van der Waals surface area contributed by atoms with Gasteiger partial charge >= 0.3 is 5.97 Å². The minimum atomic E-state index is -5.19. The molecule has 1 saturated carbocycles. The fourth-order valence-electron chi connectivity index (χ4n) is 13.4. The summed E-state index contributed by atoms with van der Waals surface area (Å²) in [5.74, 6) is -9.86. The van der Waals surface area contributed by atoms with Crippen molar-refractivity contribution in [2.24, 2.45) is 5.14 Å². The summed E-state index contributed by atoms with van der Waals surface area (Å²) in [5, 5.41) is 33.5. The number of carboxylic acids is 1. The number of sulfone groups is 1. The number of benzene rings is 4. The Kier molecular flexibility index (Phi) is 27.4. The molecule has 9 N–H and O–H groups in total. The van der Waals surface area contributed by atoms with E-state index in [0.717, 1.165) is 70.7 Å². The van der Waals surface area contributed by atoms with Crippen LogP contribution in [0.1, 0.15) is 147 Å². The van der Waals surface area contributed by atoms with Crippen molar-refractivity contribution in [2.45, 2.75) is 170 Å². The zero-order chi connectivity index (χ0) is 74.4. The first-order chi connectivity index (χ1) is 48.1. The Morgan fingerprint density at radius 3 is 2.02 bits per heavy atom. The van der Waals surface area contributed by atoms with Gasteiger partial charge in [-0.3, -0.25) is 18.7 Å². The van der Waals surface area contributed by atoms with E-state index in [1.54, 1.807) is 36.4 Å². The fraction of sp³-hybridized carbons (Fsp3) is 0.493. The van der Waals surface area contributed by atoms with Gasteiger partial charge in [0.15, 0.2) is 37.9 Å². The molecule has 8 rings (SSSR count). The van der Waals surface area contributed by atoms with Crippen LogP contribution in [0.5, 0.6) is 11.5 Å². The highest BCUT2D eigenvalue weighted by Gasteiger charge is 2.45. The van der Waals surface area contributed by atoms with Gasteiger partial charge in [0.2, 0.25) is 27.5 Å². The van der Waals surface area contributed by atoms with Gasteiger partial charge in [-0.15, -0.1) is 0 Å². The second kappa shape index (κ2) is 34.9. The standard InChI is InChI=1S/C71H91F3N6O18S4/c1-70(2)53-21-10-11-22-56(53)79(36-12-14-42-100(88,89)90)58(70)31-25-48-17-16-18-49(26-32-59-71(3,4)54-46-51(81)27-30-57(54)80(59)37-13-15-43-101(91,92)93)66(48)98-52-28-23-47(24-29-52)45-55(69(84)85)78-61(83)33-38-96-40-41-97-39-35-76-60(82)34-44-99(86,87)68-63(73)62(72)67(102(75,94)95)64(74)65(68)77-50-19-8-6-5-7-9-20-50/h10-11,21-32,46,50,55,77H,5-9,12-20,33-45H2,1-4H3,(H7-,75,76,78,81,82,83,84,85,88,89,90,91,92,93,94,95)/p+1/t55-/m0/s1. The number of ether oxygens (including phenoxy) is 3. The second-order valence-corrected chi connectivity index (χ2v) is 33.6. The summed E-state index contributed by atoms with van der Waals surface area (Å²) < 4.78 is 183. The fourth-order valence-corrected chi connectivity index (χ4v) is 16.7. The normalized spacial score (nSPS) is 17.8. The number of para-hydroxylation sites is 1. The number of allylic oxidation sites excluding steroid dienone is 7. The first-order valence-electron chi connectivity index (χ1n) is 34.1. The number of phenols is 1. The van der Waals surface area contributed by atoms with Crippen molar-refractivity contribution in [1.82, 2.24) is 10.6 Å². The lowest BCUT2D eigenvalue weighted by molar-refractivity contribution is -0.438. The van der Waals surface area contributed by atoms with Gasteiger partial charge in [-0.25, -0.2) is 39.9 Å². The van der Waals surface area contributed by atoms with Crippen molar-refractivity contribution in [3.05, 3.63) is 148 Å². The van der Waals surface area contributed by atoms with Crippen LogP contribution in [0.3, 0.4) is 0 Å². The average Bonchev–Trinajstić information content (AvgIpc) is 1.51. The number of carbonyl (C=O) groups excluding carboxylic acids is 2. The predicted octanol–water partition coefficient (Wildman–Crippen LogP) is 9.89. The Balaban J connectivity index is 0.886. The molecule has 558 valence electrons. The first kappa shape index (κ1) is 80.2. The Hall–Kier alpha value is -7.49. The van der Waals surface area contributed by atoms with Crippen molar-refractivity contribution in [3.63, 3.8) is 0 Å². The summed E-state index contributed by atoms with van der Waals surface area (Å²) in [5.41, 5.74) is 5.69. The summed E-state index contributed by atoms with van der Waals surface area (Å²) >= 11 is 0. The van der Waals surface area contributed by atoms with E-state index in [0.29, 0.717) is 81.5 Å². The maximum absolute atomic E-state index is 15.8. The van der Waals surface area contributed by atoms with Crippen LogP contribution in [-0.2, 0) is 81.2 Å². The molecule has 1 atom stereocenters. The number of nitrogens with one attached hydrogen (secondary N) is 3. The van der Waals surface area contributed by atoms with Crippen LogP contribution >= 0.6 is 0 Å². The molecule has 2 aliphatic heterocycles. The third-order valence-electron chi connectivity index (χ3n) is 18.6. The molecule has 31 heteroatoms. The molecule has 0 saturated heterocycles. The second-order valence-electron chi connectivity index (χ2n) is 26.9. The van der Waals surface area contributed by atoms with Crippen molar-refractivity contribution < 1.29 is 99.3 Å². The van der Waals surface area contributed by atoms with E-state index in [1.165, 1.54) is 0 Å². The Labute approximate surface area is 594 Å². The molecule has 102 heavy (non-hydrogen) atoms. The number of phenolic OH excluding ortho intramolecular Hbond substituents is 1. The third kappa shape index (κ3) is 21.3. The number of sulfonamides is 1. The Morgan fingerprint density at radius 1 is 0.706 bits per heavy atom. The van der Waals surface area contributed by atoms with E-state index in [2.05, 4.69) is 51.4 Å². The van der Waals surface area contributed by atoms with Gasteiger partial charge in [0.25, 0.3) is 20.2 Å². The number of anilines is 2. The molecule has 4 aromatic carbocycles. The van der Waals surface area contributed by atoms with E-state index in [1.807, 2.05) is 56.3 Å². The van der Waals surface area contributed by atoms with Gasteiger partial charge in [0.05, 0.1) is 54.8 Å². The number of carboxylic acid groups (broad SMARTS) is 1. The van der Waals surface area contributed by atoms with Crippen molar-refractivity contribution >= 4 is 80.7 Å². The van der Waals surface area contributed by atoms with E-state index in [4.69, 9.17) is 19.3 Å². The molecule has 0 unspecified atom stereocenters. The maximum Gasteiger partial charge on any atom is 0.326 e. The molecule has 24 nitrogen and oxygen atoms in total. The molecule has 2 aliphatic carbocycles. The maximum atomic E-state index is 15.8. The highest BCUT2D eigenvalue weighted by Crippen LogP contribution is 2.50. The smallest absolute Gasteiger partial charge is 0.326 e. The number of hydrogen-bond acceptors (Lipinski definition) is 17. The summed E-state index contributed by atoms with van der Waals surface area (Å²) in [6.07, 6.45) is 15.1. The van der Waals surface area contributed by atoms with Gasteiger partial charge in [0.1, 0.15) is 34.7 Å². The number of halogens is 3. The van der Waals surface area contributed by atoms with Crippen LogP contribution in [0.25, 0.3) is 0 Å². The predicted molar refractivity (Wildman–Crippen MR) is 379 cm³/mol. The average molecular weight is 1500 g/mol. The number of aliphatic carboxylic acids is 1. The molecular weight excluding hydrogens is 1410 g/mol. The monoisotopic (exact) mass is 1500 g/mol. The minimum absolute atomic E-state index is 0.0154. The topological polar surface area (TPSA) is 365 Å². The van der Waals surface area contributed by atoms with Crippen LogP contribution in [-0.4, -0.2) is 156 Å². The highest BCUT2D eigenvalue weighted by molar-refractivity contribution is 7.91. The number of unbranched alkanes of at least 4 members (excludes halogenated alkanes) is 2. The largest absolute Gasteiger partial charge is 0.508 e. The van der Waals surface area contributed by atoms with Gasteiger partial charge in [-0.2, -0.15) is 21.4 Å². The van der Waals surface area contributed by atoms with Gasteiger partial charge < -0.3 is 45.3 Å². The number of fused-ring (bicyclic) bond motifs is 2. The molecule has 2 heterocycles. The molecular formula is C71H92F3N6O18S4+. The number of hydrogen-bond donors (Lipinski definition) is 8. The molecule has 0 spiro atoms.